The lowest BCUT2D eigenvalue weighted by atomic mass is 10.0. The number of carbonyl (C=O) groups is 2. The van der Waals surface area contributed by atoms with Crippen LogP contribution in [0.25, 0.3) is 0 Å². The molecule has 2 nitrogen and oxygen atoms in total. The smallest absolute Gasteiger partial charge is 0.156 e. The molecule has 0 spiro atoms. The Labute approximate surface area is 71.3 Å². The molecular weight excluding hydrogens is 152 g/mol. The van der Waals surface area contributed by atoms with E-state index in [4.69, 9.17) is 0 Å². The molecule has 1 aliphatic carbocycles. The van der Waals surface area contributed by atoms with Gasteiger partial charge < -0.3 is 0 Å². The molecule has 0 fully saturated rings. The van der Waals surface area contributed by atoms with E-state index in [1.165, 1.54) is 6.92 Å². The second kappa shape index (κ2) is 3.81. The SMILES string of the molecule is CC(=O)C1=CC=CC=C(C=O)C1. The van der Waals surface area contributed by atoms with Gasteiger partial charge in [0, 0.05) is 6.42 Å². The van der Waals surface area contributed by atoms with Gasteiger partial charge in [0.25, 0.3) is 0 Å². The molecule has 0 aromatic rings. The molecule has 0 N–H and O–H groups in total. The fourth-order valence-electron chi connectivity index (χ4n) is 1.01. The largest absolute Gasteiger partial charge is 0.298 e. The Kier molecular flexibility index (Phi) is 2.75. The van der Waals surface area contributed by atoms with Gasteiger partial charge in [-0.25, -0.2) is 0 Å². The number of allylic oxidation sites excluding steroid dienone is 6. The Balaban J connectivity index is 2.89. The second-order valence-electron chi connectivity index (χ2n) is 2.67. The van der Waals surface area contributed by atoms with Gasteiger partial charge in [-0.15, -0.1) is 0 Å². The van der Waals surface area contributed by atoms with Crippen molar-refractivity contribution in [1.82, 2.24) is 0 Å². The molecule has 0 aliphatic heterocycles. The number of Topliss-reactive ketones (excluding diaryl/α,β-unsaturated/α-hetero) is 1. The minimum Gasteiger partial charge on any atom is -0.298 e. The maximum absolute atomic E-state index is 11.0. The summed E-state index contributed by atoms with van der Waals surface area (Å²) in [6.45, 7) is 1.51. The summed E-state index contributed by atoms with van der Waals surface area (Å²) >= 11 is 0. The number of rotatable bonds is 2. The van der Waals surface area contributed by atoms with Crippen molar-refractivity contribution in [3.63, 3.8) is 0 Å². The van der Waals surface area contributed by atoms with Crippen molar-refractivity contribution in [2.75, 3.05) is 0 Å². The Hall–Kier alpha value is -1.44. The van der Waals surface area contributed by atoms with Gasteiger partial charge in [-0.3, -0.25) is 9.59 Å². The lowest BCUT2D eigenvalue weighted by Gasteiger charge is -1.98. The molecular formula is C10H10O2. The van der Waals surface area contributed by atoms with Crippen LogP contribution in [0.2, 0.25) is 0 Å². The van der Waals surface area contributed by atoms with Crippen LogP contribution in [0, 0.1) is 0 Å². The van der Waals surface area contributed by atoms with Crippen LogP contribution in [-0.4, -0.2) is 12.1 Å². The molecule has 0 unspecified atom stereocenters. The summed E-state index contributed by atoms with van der Waals surface area (Å²) < 4.78 is 0. The van der Waals surface area contributed by atoms with Gasteiger partial charge in [0.2, 0.25) is 0 Å². The molecule has 0 bridgehead atoms. The summed E-state index contributed by atoms with van der Waals surface area (Å²) in [5.41, 5.74) is 1.33. The lowest BCUT2D eigenvalue weighted by molar-refractivity contribution is -0.113. The quantitative estimate of drug-likeness (QED) is 0.578. The highest BCUT2D eigenvalue weighted by Gasteiger charge is 2.06. The van der Waals surface area contributed by atoms with Crippen molar-refractivity contribution in [1.29, 1.82) is 0 Å². The minimum absolute atomic E-state index is 0.0225. The molecule has 0 amide bonds. The topological polar surface area (TPSA) is 34.1 Å². The third-order valence-electron chi connectivity index (χ3n) is 1.72. The Morgan fingerprint density at radius 1 is 1.42 bits per heavy atom. The molecule has 0 atom stereocenters. The van der Waals surface area contributed by atoms with E-state index in [0.717, 1.165) is 6.29 Å². The molecule has 0 heterocycles. The first-order chi connectivity index (χ1) is 5.74. The van der Waals surface area contributed by atoms with Crippen LogP contribution in [-0.2, 0) is 9.59 Å². The molecule has 1 aliphatic rings. The van der Waals surface area contributed by atoms with Gasteiger partial charge >= 0.3 is 0 Å². The van der Waals surface area contributed by atoms with E-state index in [2.05, 4.69) is 0 Å². The van der Waals surface area contributed by atoms with E-state index in [-0.39, 0.29) is 5.78 Å². The first kappa shape index (κ1) is 8.65. The summed E-state index contributed by atoms with van der Waals surface area (Å²) in [4.78, 5) is 21.4. The molecule has 0 saturated heterocycles. The summed E-state index contributed by atoms with van der Waals surface area (Å²) in [5.74, 6) is 0.0225. The van der Waals surface area contributed by atoms with Crippen LogP contribution in [0.15, 0.2) is 35.5 Å². The molecule has 0 aromatic carbocycles. The highest BCUT2D eigenvalue weighted by atomic mass is 16.1. The van der Waals surface area contributed by atoms with Crippen LogP contribution < -0.4 is 0 Å². The van der Waals surface area contributed by atoms with Crippen molar-refractivity contribution >= 4 is 12.1 Å². The first-order valence-corrected chi connectivity index (χ1v) is 3.76. The average Bonchev–Trinajstić information content (AvgIpc) is 2.28. The third-order valence-corrected chi connectivity index (χ3v) is 1.72. The Morgan fingerprint density at radius 3 is 2.67 bits per heavy atom. The maximum atomic E-state index is 11.0. The molecule has 12 heavy (non-hydrogen) atoms. The van der Waals surface area contributed by atoms with Crippen LogP contribution in [0.5, 0.6) is 0 Å². The summed E-state index contributed by atoms with van der Waals surface area (Å²) in [6.07, 6.45) is 8.24. The fraction of sp³-hybridized carbons (Fsp3) is 0.200. The van der Waals surface area contributed by atoms with Crippen LogP contribution in [0.1, 0.15) is 13.3 Å². The van der Waals surface area contributed by atoms with Crippen LogP contribution >= 0.6 is 0 Å². The molecule has 0 saturated carbocycles. The van der Waals surface area contributed by atoms with E-state index in [1.807, 2.05) is 0 Å². The molecule has 0 radical (unpaired) electrons. The molecule has 1 rings (SSSR count). The zero-order valence-electron chi connectivity index (χ0n) is 6.91. The highest BCUT2D eigenvalue weighted by molar-refractivity contribution is 5.95. The number of hydrogen-bond donors (Lipinski definition) is 0. The van der Waals surface area contributed by atoms with Gasteiger partial charge in [0.05, 0.1) is 0 Å². The Morgan fingerprint density at radius 2 is 2.08 bits per heavy atom. The maximum Gasteiger partial charge on any atom is 0.156 e. The molecule has 2 heteroatoms. The summed E-state index contributed by atoms with van der Waals surface area (Å²) in [6, 6.07) is 0. The molecule has 62 valence electrons. The number of hydrogen-bond acceptors (Lipinski definition) is 2. The van der Waals surface area contributed by atoms with E-state index < -0.39 is 0 Å². The van der Waals surface area contributed by atoms with Gasteiger partial charge in [-0.05, 0) is 18.1 Å². The van der Waals surface area contributed by atoms with Crippen molar-refractivity contribution in [2.45, 2.75) is 13.3 Å². The average molecular weight is 162 g/mol. The van der Waals surface area contributed by atoms with Crippen LogP contribution in [0.3, 0.4) is 0 Å². The van der Waals surface area contributed by atoms with E-state index in [1.54, 1.807) is 24.3 Å². The van der Waals surface area contributed by atoms with E-state index in [0.29, 0.717) is 17.6 Å². The van der Waals surface area contributed by atoms with Crippen molar-refractivity contribution < 1.29 is 9.59 Å². The Bertz CT molecular complexity index is 293. The second-order valence-corrected chi connectivity index (χ2v) is 2.67. The van der Waals surface area contributed by atoms with Gasteiger partial charge in [-0.1, -0.05) is 24.3 Å². The predicted molar refractivity (Wildman–Crippen MR) is 46.7 cm³/mol. The van der Waals surface area contributed by atoms with Gasteiger partial charge in [0.15, 0.2) is 5.78 Å². The standard InChI is InChI=1S/C10H10O2/c1-8(12)10-5-3-2-4-9(6-10)7-11/h2-5,7H,6H2,1H3. The highest BCUT2D eigenvalue weighted by Crippen LogP contribution is 2.13. The van der Waals surface area contributed by atoms with E-state index >= 15 is 0 Å². The first-order valence-electron chi connectivity index (χ1n) is 3.76. The minimum atomic E-state index is 0.0225. The zero-order chi connectivity index (χ0) is 8.97. The number of aldehydes is 1. The van der Waals surface area contributed by atoms with E-state index in [9.17, 15) is 9.59 Å². The van der Waals surface area contributed by atoms with Gasteiger partial charge in [-0.2, -0.15) is 0 Å². The predicted octanol–water partition coefficient (Wildman–Crippen LogP) is 1.59. The molecule has 0 aromatic heterocycles. The third kappa shape index (κ3) is 2.02. The number of carbonyl (C=O) groups excluding carboxylic acids is 2. The van der Waals surface area contributed by atoms with Crippen molar-refractivity contribution in [3.05, 3.63) is 35.5 Å². The zero-order valence-corrected chi connectivity index (χ0v) is 6.91. The lowest BCUT2D eigenvalue weighted by Crippen LogP contribution is -1.98. The number of ketones is 1. The van der Waals surface area contributed by atoms with Crippen LogP contribution in [0.4, 0.5) is 0 Å². The normalized spacial score (nSPS) is 16.1. The monoisotopic (exact) mass is 162 g/mol. The fourth-order valence-corrected chi connectivity index (χ4v) is 1.01. The summed E-state index contributed by atoms with van der Waals surface area (Å²) in [5, 5.41) is 0. The summed E-state index contributed by atoms with van der Waals surface area (Å²) in [7, 11) is 0. The van der Waals surface area contributed by atoms with Gasteiger partial charge in [0.1, 0.15) is 6.29 Å². The van der Waals surface area contributed by atoms with Crippen molar-refractivity contribution in [3.8, 4) is 0 Å². The van der Waals surface area contributed by atoms with Crippen molar-refractivity contribution in [2.24, 2.45) is 0 Å².